The molecule has 0 amide bonds. The maximum absolute atomic E-state index is 9.69. The smallest absolute Gasteiger partial charge is 0.125 e. The number of rotatable bonds is 6. The largest absolute Gasteiger partial charge is 0.490 e. The molecule has 0 heterocycles. The Hall–Kier alpha value is -0.580. The first-order valence-corrected chi connectivity index (χ1v) is 6.47. The molecule has 0 aliphatic carbocycles. The number of hydrogen-bond donors (Lipinski definition) is 1. The monoisotopic (exact) mass is 302 g/mol. The van der Waals surface area contributed by atoms with Crippen molar-refractivity contribution in [3.8, 4) is 5.75 Å². The number of aliphatic hydroxyl groups is 1. The highest BCUT2D eigenvalue weighted by Gasteiger charge is 2.12. The quantitative estimate of drug-likeness (QED) is 0.876. The SMILES string of the molecule is COCCC(C)Oc1ccc(Br)cc1[C@@H](C)O. The van der Waals surface area contributed by atoms with Crippen molar-refractivity contribution in [2.45, 2.75) is 32.5 Å². The first-order chi connectivity index (χ1) is 8.04. The third-order valence-corrected chi connectivity index (χ3v) is 2.97. The summed E-state index contributed by atoms with van der Waals surface area (Å²) in [5, 5.41) is 9.69. The fraction of sp³-hybridized carbons (Fsp3) is 0.538. The summed E-state index contributed by atoms with van der Waals surface area (Å²) in [6.07, 6.45) is 0.344. The number of halogens is 1. The summed E-state index contributed by atoms with van der Waals surface area (Å²) in [5.41, 5.74) is 0.795. The van der Waals surface area contributed by atoms with Gasteiger partial charge in [0.15, 0.2) is 0 Å². The Bertz CT molecular complexity index is 353. The Morgan fingerprint density at radius 1 is 1.35 bits per heavy atom. The second-order valence-corrected chi connectivity index (χ2v) is 4.98. The molecule has 0 saturated carbocycles. The van der Waals surface area contributed by atoms with Crippen molar-refractivity contribution < 1.29 is 14.6 Å². The van der Waals surface area contributed by atoms with Gasteiger partial charge in [-0.05, 0) is 32.0 Å². The molecule has 17 heavy (non-hydrogen) atoms. The second kappa shape index (κ2) is 6.99. The van der Waals surface area contributed by atoms with Crippen LogP contribution in [0.25, 0.3) is 0 Å². The van der Waals surface area contributed by atoms with Crippen LogP contribution in [-0.2, 0) is 4.74 Å². The van der Waals surface area contributed by atoms with Crippen LogP contribution in [0, 0.1) is 0 Å². The zero-order valence-corrected chi connectivity index (χ0v) is 12.0. The van der Waals surface area contributed by atoms with E-state index in [-0.39, 0.29) is 6.10 Å². The van der Waals surface area contributed by atoms with E-state index in [9.17, 15) is 5.11 Å². The summed E-state index contributed by atoms with van der Waals surface area (Å²) in [5.74, 6) is 0.729. The molecule has 0 bridgehead atoms. The zero-order chi connectivity index (χ0) is 12.8. The van der Waals surface area contributed by atoms with Gasteiger partial charge < -0.3 is 14.6 Å². The Balaban J connectivity index is 2.76. The van der Waals surface area contributed by atoms with E-state index in [0.717, 1.165) is 22.2 Å². The van der Waals surface area contributed by atoms with Gasteiger partial charge in [0, 0.05) is 30.2 Å². The van der Waals surface area contributed by atoms with E-state index in [0.29, 0.717) is 6.61 Å². The summed E-state index contributed by atoms with van der Waals surface area (Å²) in [7, 11) is 1.67. The lowest BCUT2D eigenvalue weighted by molar-refractivity contribution is 0.130. The zero-order valence-electron chi connectivity index (χ0n) is 10.4. The number of hydrogen-bond acceptors (Lipinski definition) is 3. The Kier molecular flexibility index (Phi) is 5.95. The molecule has 1 aromatic carbocycles. The maximum atomic E-state index is 9.69. The van der Waals surface area contributed by atoms with Gasteiger partial charge >= 0.3 is 0 Å². The number of benzene rings is 1. The van der Waals surface area contributed by atoms with Crippen LogP contribution in [0.5, 0.6) is 5.75 Å². The van der Waals surface area contributed by atoms with Crippen molar-refractivity contribution in [3.05, 3.63) is 28.2 Å². The van der Waals surface area contributed by atoms with Crippen LogP contribution in [0.1, 0.15) is 31.9 Å². The average Bonchev–Trinajstić information content (AvgIpc) is 2.28. The van der Waals surface area contributed by atoms with Gasteiger partial charge in [0.05, 0.1) is 12.2 Å². The van der Waals surface area contributed by atoms with Crippen molar-refractivity contribution in [2.24, 2.45) is 0 Å². The van der Waals surface area contributed by atoms with Gasteiger partial charge in [-0.15, -0.1) is 0 Å². The van der Waals surface area contributed by atoms with Crippen molar-refractivity contribution >= 4 is 15.9 Å². The molecule has 0 aliphatic heterocycles. The minimum Gasteiger partial charge on any atom is -0.490 e. The summed E-state index contributed by atoms with van der Waals surface area (Å²) in [4.78, 5) is 0. The van der Waals surface area contributed by atoms with Gasteiger partial charge in [0.25, 0.3) is 0 Å². The van der Waals surface area contributed by atoms with Crippen LogP contribution in [0.4, 0.5) is 0 Å². The third kappa shape index (κ3) is 4.66. The Labute approximate surface area is 111 Å². The maximum Gasteiger partial charge on any atom is 0.125 e. The minimum absolute atomic E-state index is 0.0635. The Morgan fingerprint density at radius 2 is 2.06 bits per heavy atom. The molecule has 0 spiro atoms. The van der Waals surface area contributed by atoms with Crippen LogP contribution >= 0.6 is 15.9 Å². The molecule has 1 rings (SSSR count). The lowest BCUT2D eigenvalue weighted by atomic mass is 10.1. The van der Waals surface area contributed by atoms with Gasteiger partial charge in [-0.3, -0.25) is 0 Å². The number of methoxy groups -OCH3 is 1. The van der Waals surface area contributed by atoms with Crippen LogP contribution in [0.2, 0.25) is 0 Å². The highest BCUT2D eigenvalue weighted by Crippen LogP contribution is 2.29. The molecular formula is C13H19BrO3. The van der Waals surface area contributed by atoms with E-state index in [1.807, 2.05) is 25.1 Å². The molecule has 4 heteroatoms. The predicted molar refractivity (Wildman–Crippen MR) is 71.4 cm³/mol. The Morgan fingerprint density at radius 3 is 2.65 bits per heavy atom. The first-order valence-electron chi connectivity index (χ1n) is 5.67. The summed E-state index contributed by atoms with van der Waals surface area (Å²) < 4.78 is 11.7. The molecule has 0 aromatic heterocycles. The fourth-order valence-corrected chi connectivity index (χ4v) is 1.89. The number of ether oxygens (including phenoxy) is 2. The van der Waals surface area contributed by atoms with E-state index in [4.69, 9.17) is 9.47 Å². The lowest BCUT2D eigenvalue weighted by Gasteiger charge is -2.18. The summed E-state index contributed by atoms with van der Waals surface area (Å²) in [6, 6.07) is 5.66. The van der Waals surface area contributed by atoms with Crippen LogP contribution < -0.4 is 4.74 Å². The van der Waals surface area contributed by atoms with Crippen LogP contribution in [0.3, 0.4) is 0 Å². The molecule has 1 N–H and O–H groups in total. The van der Waals surface area contributed by atoms with E-state index in [2.05, 4.69) is 15.9 Å². The average molecular weight is 303 g/mol. The normalized spacial score (nSPS) is 14.4. The van der Waals surface area contributed by atoms with Crippen molar-refractivity contribution in [1.82, 2.24) is 0 Å². The highest BCUT2D eigenvalue weighted by atomic mass is 79.9. The van der Waals surface area contributed by atoms with Gasteiger partial charge in [-0.1, -0.05) is 15.9 Å². The first kappa shape index (κ1) is 14.5. The van der Waals surface area contributed by atoms with Crippen molar-refractivity contribution in [3.63, 3.8) is 0 Å². The van der Waals surface area contributed by atoms with Crippen LogP contribution in [0.15, 0.2) is 22.7 Å². The van der Waals surface area contributed by atoms with E-state index in [1.165, 1.54) is 0 Å². The molecule has 96 valence electrons. The van der Waals surface area contributed by atoms with Gasteiger partial charge in [0.1, 0.15) is 5.75 Å². The molecular weight excluding hydrogens is 284 g/mol. The van der Waals surface area contributed by atoms with Crippen molar-refractivity contribution in [1.29, 1.82) is 0 Å². The molecule has 2 atom stereocenters. The predicted octanol–water partition coefficient (Wildman–Crippen LogP) is 3.31. The lowest BCUT2D eigenvalue weighted by Crippen LogP contribution is -2.15. The summed E-state index contributed by atoms with van der Waals surface area (Å²) in [6.45, 7) is 4.39. The second-order valence-electron chi connectivity index (χ2n) is 4.07. The molecule has 0 radical (unpaired) electrons. The standard InChI is InChI=1S/C13H19BrO3/c1-9(6-7-16-3)17-13-5-4-11(14)8-12(13)10(2)15/h4-5,8-10,15H,6-7H2,1-3H3/t9?,10-/m1/s1. The van der Waals surface area contributed by atoms with Gasteiger partial charge in [-0.2, -0.15) is 0 Å². The van der Waals surface area contributed by atoms with Gasteiger partial charge in [0.2, 0.25) is 0 Å². The van der Waals surface area contributed by atoms with Crippen molar-refractivity contribution in [2.75, 3.05) is 13.7 Å². The van der Waals surface area contributed by atoms with Crippen LogP contribution in [-0.4, -0.2) is 24.9 Å². The molecule has 1 unspecified atom stereocenters. The third-order valence-electron chi connectivity index (χ3n) is 2.48. The fourth-order valence-electron chi connectivity index (χ4n) is 1.51. The molecule has 0 saturated heterocycles. The molecule has 1 aromatic rings. The topological polar surface area (TPSA) is 38.7 Å². The molecule has 0 fully saturated rings. The minimum atomic E-state index is -0.544. The molecule has 0 aliphatic rings. The van der Waals surface area contributed by atoms with E-state index in [1.54, 1.807) is 14.0 Å². The summed E-state index contributed by atoms with van der Waals surface area (Å²) >= 11 is 3.39. The highest BCUT2D eigenvalue weighted by molar-refractivity contribution is 9.10. The van der Waals surface area contributed by atoms with E-state index < -0.39 is 6.10 Å². The van der Waals surface area contributed by atoms with E-state index >= 15 is 0 Å². The molecule has 3 nitrogen and oxygen atoms in total. The van der Waals surface area contributed by atoms with Gasteiger partial charge in [-0.25, -0.2) is 0 Å². The number of aliphatic hydroxyl groups excluding tert-OH is 1.